The van der Waals surface area contributed by atoms with Gasteiger partial charge in [-0.05, 0) is 48.9 Å². The number of H-pyrrole nitrogens is 1. The number of hydrogen-bond donors (Lipinski definition) is 1. The summed E-state index contributed by atoms with van der Waals surface area (Å²) in [6.07, 6.45) is 0. The molecule has 1 aromatic heterocycles. The Bertz CT molecular complexity index is 632. The Hall–Kier alpha value is -1.17. The molecule has 0 atom stereocenters. The third kappa shape index (κ3) is 2.41. The van der Waals surface area contributed by atoms with Crippen molar-refractivity contribution in [3.63, 3.8) is 0 Å². The van der Waals surface area contributed by atoms with Crippen molar-refractivity contribution in [2.75, 3.05) is 0 Å². The van der Waals surface area contributed by atoms with Crippen molar-refractivity contribution in [2.45, 2.75) is 20.8 Å². The molecule has 0 bridgehead atoms. The smallest absolute Gasteiger partial charge is 0.264 e. The molecule has 0 saturated carbocycles. The van der Waals surface area contributed by atoms with Gasteiger partial charge >= 0.3 is 0 Å². The van der Waals surface area contributed by atoms with Crippen LogP contribution in [-0.4, -0.2) is 9.97 Å². The van der Waals surface area contributed by atoms with Gasteiger partial charge in [0.25, 0.3) is 5.56 Å². The summed E-state index contributed by atoms with van der Waals surface area (Å²) in [4.78, 5) is 19.0. The number of hydrogen-bond acceptors (Lipinski definition) is 2. The molecule has 2 aromatic rings. The van der Waals surface area contributed by atoms with E-state index in [0.717, 1.165) is 16.8 Å². The molecule has 2 rings (SSSR count). The summed E-state index contributed by atoms with van der Waals surface area (Å²) >= 11 is 2.01. The molecule has 0 amide bonds. The highest BCUT2D eigenvalue weighted by atomic mass is 127. The molecule has 0 unspecified atom stereocenters. The number of aromatic amines is 1. The van der Waals surface area contributed by atoms with Gasteiger partial charge in [-0.2, -0.15) is 0 Å². The van der Waals surface area contributed by atoms with Crippen LogP contribution in [0.4, 0.5) is 0 Å². The van der Waals surface area contributed by atoms with Crippen LogP contribution in [-0.2, 0) is 0 Å². The van der Waals surface area contributed by atoms with Crippen LogP contribution in [0.3, 0.4) is 0 Å². The number of rotatable bonds is 1. The number of benzene rings is 1. The number of halogens is 1. The second kappa shape index (κ2) is 4.60. The summed E-state index contributed by atoms with van der Waals surface area (Å²) in [5, 5.41) is 0. The van der Waals surface area contributed by atoms with Gasteiger partial charge in [-0.15, -0.1) is 0 Å². The summed E-state index contributed by atoms with van der Waals surface area (Å²) in [5.41, 5.74) is 3.99. The second-order valence-corrected chi connectivity index (χ2v) is 5.21. The highest BCUT2D eigenvalue weighted by Crippen LogP contribution is 2.20. The van der Waals surface area contributed by atoms with E-state index in [9.17, 15) is 4.79 Å². The topological polar surface area (TPSA) is 45.8 Å². The van der Waals surface area contributed by atoms with Gasteiger partial charge in [0.2, 0.25) is 0 Å². The van der Waals surface area contributed by atoms with Crippen LogP contribution in [0.1, 0.15) is 16.8 Å². The Morgan fingerprint density at radius 3 is 2.53 bits per heavy atom. The lowest BCUT2D eigenvalue weighted by Crippen LogP contribution is -2.14. The Kier molecular flexibility index (Phi) is 3.33. The van der Waals surface area contributed by atoms with Crippen LogP contribution in [0.15, 0.2) is 23.0 Å². The van der Waals surface area contributed by atoms with Crippen molar-refractivity contribution in [3.05, 3.63) is 48.9 Å². The molecule has 0 fully saturated rings. The van der Waals surface area contributed by atoms with Gasteiger partial charge < -0.3 is 4.98 Å². The number of aryl methyl sites for hydroxylation is 3. The molecule has 1 heterocycles. The Balaban J connectivity index is 2.65. The summed E-state index contributed by atoms with van der Waals surface area (Å²) < 4.78 is 0.649. The van der Waals surface area contributed by atoms with Crippen LogP contribution < -0.4 is 5.56 Å². The number of nitrogens with zero attached hydrogens (tertiary/aromatic N) is 1. The third-order valence-electron chi connectivity index (χ3n) is 2.67. The number of nitrogens with one attached hydrogen (secondary N) is 1. The van der Waals surface area contributed by atoms with Gasteiger partial charge in [-0.3, -0.25) is 4.79 Å². The predicted octanol–water partition coefficient (Wildman–Crippen LogP) is 2.97. The largest absolute Gasteiger partial charge is 0.306 e. The first-order chi connectivity index (χ1) is 7.99. The lowest BCUT2D eigenvalue weighted by molar-refractivity contribution is 1.05. The first-order valence-electron chi connectivity index (χ1n) is 5.33. The van der Waals surface area contributed by atoms with Gasteiger partial charge in [0.1, 0.15) is 5.82 Å². The molecule has 3 nitrogen and oxygen atoms in total. The predicted molar refractivity (Wildman–Crippen MR) is 77.2 cm³/mol. The maximum Gasteiger partial charge on any atom is 0.264 e. The molecule has 0 aliphatic heterocycles. The van der Waals surface area contributed by atoms with E-state index in [0.29, 0.717) is 9.39 Å². The normalized spacial score (nSPS) is 10.6. The molecule has 0 radical (unpaired) electrons. The van der Waals surface area contributed by atoms with Crippen LogP contribution in [0, 0.1) is 24.3 Å². The first-order valence-corrected chi connectivity index (χ1v) is 6.41. The minimum Gasteiger partial charge on any atom is -0.306 e. The molecule has 0 saturated heterocycles. The van der Waals surface area contributed by atoms with Gasteiger partial charge in [0, 0.05) is 5.56 Å². The third-order valence-corrected chi connectivity index (χ3v) is 3.94. The van der Waals surface area contributed by atoms with Crippen molar-refractivity contribution in [1.82, 2.24) is 9.97 Å². The summed E-state index contributed by atoms with van der Waals surface area (Å²) in [5.74, 6) is 0.644. The monoisotopic (exact) mass is 340 g/mol. The van der Waals surface area contributed by atoms with Gasteiger partial charge in [-0.1, -0.05) is 23.8 Å². The van der Waals surface area contributed by atoms with E-state index in [2.05, 4.69) is 16.0 Å². The Morgan fingerprint density at radius 1 is 1.24 bits per heavy atom. The average Bonchev–Trinajstić information content (AvgIpc) is 2.25. The molecule has 1 N–H and O–H groups in total. The minimum atomic E-state index is -0.0759. The van der Waals surface area contributed by atoms with E-state index in [-0.39, 0.29) is 5.56 Å². The number of aromatic nitrogens is 2. The van der Waals surface area contributed by atoms with Crippen molar-refractivity contribution < 1.29 is 0 Å². The fraction of sp³-hybridized carbons (Fsp3) is 0.231. The van der Waals surface area contributed by atoms with Crippen molar-refractivity contribution in [1.29, 1.82) is 0 Å². The molecule has 88 valence electrons. The fourth-order valence-electron chi connectivity index (χ4n) is 1.78. The van der Waals surface area contributed by atoms with E-state index in [1.807, 2.05) is 55.5 Å². The van der Waals surface area contributed by atoms with Crippen molar-refractivity contribution in [3.8, 4) is 11.4 Å². The van der Waals surface area contributed by atoms with E-state index in [1.165, 1.54) is 5.56 Å². The minimum absolute atomic E-state index is 0.0759. The molecular weight excluding hydrogens is 327 g/mol. The van der Waals surface area contributed by atoms with Gasteiger partial charge in [0.05, 0.1) is 9.26 Å². The zero-order valence-electron chi connectivity index (χ0n) is 9.97. The zero-order valence-corrected chi connectivity index (χ0v) is 12.1. The first kappa shape index (κ1) is 12.3. The van der Waals surface area contributed by atoms with Crippen molar-refractivity contribution in [2.24, 2.45) is 0 Å². The summed E-state index contributed by atoms with van der Waals surface area (Å²) in [6, 6.07) is 6.10. The van der Waals surface area contributed by atoms with E-state index in [1.54, 1.807) is 0 Å². The zero-order chi connectivity index (χ0) is 12.6. The van der Waals surface area contributed by atoms with Gasteiger partial charge in [0.15, 0.2) is 0 Å². The molecule has 0 spiro atoms. The second-order valence-electron chi connectivity index (χ2n) is 4.13. The highest BCUT2D eigenvalue weighted by molar-refractivity contribution is 14.1. The standard InChI is InChI=1S/C13H13IN2O/c1-7-4-5-10(8(2)6-7)12-15-9(3)11(14)13(17)16-12/h4-6H,1-3H3,(H,15,16,17). The van der Waals surface area contributed by atoms with E-state index < -0.39 is 0 Å². The summed E-state index contributed by atoms with van der Waals surface area (Å²) in [7, 11) is 0. The van der Waals surface area contributed by atoms with Crippen LogP contribution in [0.2, 0.25) is 0 Å². The fourth-order valence-corrected chi connectivity index (χ4v) is 2.03. The molecular formula is C13H13IN2O. The van der Waals surface area contributed by atoms with Crippen LogP contribution in [0.25, 0.3) is 11.4 Å². The SMILES string of the molecule is Cc1ccc(-c2nc(C)c(I)c(=O)[nH]2)c(C)c1. The average molecular weight is 340 g/mol. The highest BCUT2D eigenvalue weighted by Gasteiger charge is 2.08. The Labute approximate surface area is 113 Å². The van der Waals surface area contributed by atoms with Crippen LogP contribution in [0.5, 0.6) is 0 Å². The van der Waals surface area contributed by atoms with E-state index >= 15 is 0 Å². The maximum absolute atomic E-state index is 11.7. The van der Waals surface area contributed by atoms with Gasteiger partial charge in [-0.25, -0.2) is 4.98 Å². The molecule has 4 heteroatoms. The Morgan fingerprint density at radius 2 is 1.94 bits per heavy atom. The molecule has 1 aromatic carbocycles. The lowest BCUT2D eigenvalue weighted by atomic mass is 10.1. The van der Waals surface area contributed by atoms with Crippen molar-refractivity contribution >= 4 is 22.6 Å². The molecule has 0 aliphatic rings. The van der Waals surface area contributed by atoms with E-state index in [4.69, 9.17) is 0 Å². The quantitative estimate of drug-likeness (QED) is 0.812. The lowest BCUT2D eigenvalue weighted by Gasteiger charge is -2.07. The summed E-state index contributed by atoms with van der Waals surface area (Å²) in [6.45, 7) is 5.92. The molecule has 17 heavy (non-hydrogen) atoms. The maximum atomic E-state index is 11.7. The van der Waals surface area contributed by atoms with Crippen LogP contribution >= 0.6 is 22.6 Å². The molecule has 0 aliphatic carbocycles.